The van der Waals surface area contributed by atoms with Crippen molar-refractivity contribution in [1.82, 2.24) is 10.6 Å². The highest BCUT2D eigenvalue weighted by Gasteiger charge is 2.22. The van der Waals surface area contributed by atoms with Crippen LogP contribution in [0.2, 0.25) is 0 Å². The molecule has 0 saturated heterocycles. The molecule has 26 heavy (non-hydrogen) atoms. The number of hydrogen-bond donors (Lipinski definition) is 3. The van der Waals surface area contributed by atoms with Crippen LogP contribution in [0.3, 0.4) is 0 Å². The number of aliphatic hydroxyl groups excluding tert-OH is 1. The van der Waals surface area contributed by atoms with Crippen LogP contribution in [0, 0.1) is 11.8 Å². The molecule has 7 nitrogen and oxygen atoms in total. The van der Waals surface area contributed by atoms with Crippen molar-refractivity contribution >= 4 is 12.1 Å². The molecule has 1 aliphatic rings. The zero-order chi connectivity index (χ0) is 18.8. The van der Waals surface area contributed by atoms with Gasteiger partial charge >= 0.3 is 6.03 Å². The Labute approximate surface area is 153 Å². The number of benzene rings is 1. The maximum atomic E-state index is 12.0. The number of methoxy groups -OCH3 is 1. The summed E-state index contributed by atoms with van der Waals surface area (Å²) in [7, 11) is 1.58. The van der Waals surface area contributed by atoms with Crippen molar-refractivity contribution in [2.75, 3.05) is 26.7 Å². The van der Waals surface area contributed by atoms with Crippen LogP contribution in [-0.4, -0.2) is 44.0 Å². The molecule has 1 fully saturated rings. The summed E-state index contributed by atoms with van der Waals surface area (Å²) in [6.45, 7) is 1.26. The predicted molar refractivity (Wildman–Crippen MR) is 97.8 cm³/mol. The van der Waals surface area contributed by atoms with Crippen LogP contribution in [0.15, 0.2) is 29.3 Å². The Morgan fingerprint density at radius 3 is 2.73 bits per heavy atom. The van der Waals surface area contributed by atoms with Crippen molar-refractivity contribution in [2.24, 2.45) is 16.8 Å². The summed E-state index contributed by atoms with van der Waals surface area (Å²) in [5.41, 5.74) is 0.719. The summed E-state index contributed by atoms with van der Waals surface area (Å²) in [5, 5.41) is 15.7. The lowest BCUT2D eigenvalue weighted by Gasteiger charge is -2.28. The number of isocyanates is 1. The maximum absolute atomic E-state index is 12.0. The van der Waals surface area contributed by atoms with Gasteiger partial charge in [0.2, 0.25) is 6.08 Å². The summed E-state index contributed by atoms with van der Waals surface area (Å²) in [4.78, 5) is 25.8. The summed E-state index contributed by atoms with van der Waals surface area (Å²) in [6.07, 6.45) is 5.00. The van der Waals surface area contributed by atoms with E-state index in [1.54, 1.807) is 37.5 Å². The van der Waals surface area contributed by atoms with Gasteiger partial charge in [0.15, 0.2) is 0 Å². The standard InChI is InChI=1S/C19H27N3O4/c1-26-17-7-5-16(6-8-17)18(24)12-22-19(25)21-11-15-4-2-3-14(9-15)10-20-13-23/h5-8,14-15,18,24H,2-4,9-12H2,1H3,(H2,21,22,25). The monoisotopic (exact) mass is 361 g/mol. The first-order chi connectivity index (χ1) is 12.6. The van der Waals surface area contributed by atoms with E-state index >= 15 is 0 Å². The Morgan fingerprint density at radius 2 is 2.04 bits per heavy atom. The molecule has 3 N–H and O–H groups in total. The summed E-state index contributed by atoms with van der Waals surface area (Å²) >= 11 is 0. The van der Waals surface area contributed by atoms with E-state index in [4.69, 9.17) is 4.74 Å². The first-order valence-electron chi connectivity index (χ1n) is 8.99. The average Bonchev–Trinajstić information content (AvgIpc) is 2.69. The highest BCUT2D eigenvalue weighted by atomic mass is 16.5. The number of urea groups is 1. The molecule has 0 aliphatic heterocycles. The van der Waals surface area contributed by atoms with E-state index in [1.165, 1.54) is 0 Å². The fourth-order valence-electron chi connectivity index (χ4n) is 3.35. The van der Waals surface area contributed by atoms with E-state index in [2.05, 4.69) is 15.6 Å². The number of ether oxygens (including phenoxy) is 1. The molecular weight excluding hydrogens is 334 g/mol. The third-order valence-corrected chi connectivity index (χ3v) is 4.81. The van der Waals surface area contributed by atoms with Crippen LogP contribution in [0.25, 0.3) is 0 Å². The van der Waals surface area contributed by atoms with Gasteiger partial charge in [0.05, 0.1) is 19.8 Å². The number of hydrogen-bond acceptors (Lipinski definition) is 5. The zero-order valence-corrected chi connectivity index (χ0v) is 15.1. The van der Waals surface area contributed by atoms with Crippen LogP contribution in [0.5, 0.6) is 5.75 Å². The van der Waals surface area contributed by atoms with E-state index in [1.807, 2.05) is 0 Å². The van der Waals surface area contributed by atoms with Crippen molar-refractivity contribution in [3.63, 3.8) is 0 Å². The number of carbonyl (C=O) groups is 1. The van der Waals surface area contributed by atoms with Crippen molar-refractivity contribution in [3.8, 4) is 5.75 Å². The third kappa shape index (κ3) is 6.50. The largest absolute Gasteiger partial charge is 0.497 e. The fourth-order valence-corrected chi connectivity index (χ4v) is 3.35. The first kappa shape index (κ1) is 19.9. The molecule has 1 aromatic carbocycles. The SMILES string of the molecule is COc1ccc(C(O)CNC(=O)NCC2CCCC(CN=C=O)C2)cc1. The quantitative estimate of drug-likeness (QED) is 0.488. The highest BCUT2D eigenvalue weighted by Crippen LogP contribution is 2.28. The molecule has 0 bridgehead atoms. The van der Waals surface area contributed by atoms with Crippen molar-refractivity contribution in [1.29, 1.82) is 0 Å². The molecule has 7 heteroatoms. The van der Waals surface area contributed by atoms with Gasteiger partial charge in [-0.25, -0.2) is 14.6 Å². The second-order valence-corrected chi connectivity index (χ2v) is 6.71. The molecule has 142 valence electrons. The number of rotatable bonds is 8. The van der Waals surface area contributed by atoms with E-state index in [9.17, 15) is 14.7 Å². The minimum absolute atomic E-state index is 0.138. The highest BCUT2D eigenvalue weighted by molar-refractivity contribution is 5.73. The van der Waals surface area contributed by atoms with Crippen LogP contribution in [-0.2, 0) is 4.79 Å². The average molecular weight is 361 g/mol. The minimum Gasteiger partial charge on any atom is -0.497 e. The van der Waals surface area contributed by atoms with E-state index in [0.717, 1.165) is 37.0 Å². The van der Waals surface area contributed by atoms with Gasteiger partial charge in [0.1, 0.15) is 5.75 Å². The fraction of sp³-hybridized carbons (Fsp3) is 0.579. The zero-order valence-electron chi connectivity index (χ0n) is 15.1. The number of carbonyl (C=O) groups excluding carboxylic acids is 2. The summed E-state index contributed by atoms with van der Waals surface area (Å²) in [5.74, 6) is 1.51. The van der Waals surface area contributed by atoms with Crippen LogP contribution in [0.1, 0.15) is 37.4 Å². The molecule has 1 saturated carbocycles. The van der Waals surface area contributed by atoms with Gasteiger partial charge in [-0.3, -0.25) is 0 Å². The smallest absolute Gasteiger partial charge is 0.314 e. The molecule has 3 atom stereocenters. The van der Waals surface area contributed by atoms with Crippen molar-refractivity contribution in [3.05, 3.63) is 29.8 Å². The predicted octanol–water partition coefficient (Wildman–Crippen LogP) is 2.17. The van der Waals surface area contributed by atoms with Crippen molar-refractivity contribution in [2.45, 2.75) is 31.8 Å². The Hall–Kier alpha value is -2.37. The van der Waals surface area contributed by atoms with Crippen LogP contribution < -0.4 is 15.4 Å². The molecular formula is C19H27N3O4. The summed E-state index contributed by atoms with van der Waals surface area (Å²) in [6, 6.07) is 6.80. The Bertz CT molecular complexity index is 614. The van der Waals surface area contributed by atoms with Crippen LogP contribution >= 0.6 is 0 Å². The molecule has 0 heterocycles. The number of nitrogens with zero attached hydrogens (tertiary/aromatic N) is 1. The Balaban J connectivity index is 1.68. The Morgan fingerprint density at radius 1 is 1.31 bits per heavy atom. The number of nitrogens with one attached hydrogen (secondary N) is 2. The Kier molecular flexibility index (Phi) is 8.12. The number of amides is 2. The molecule has 0 radical (unpaired) electrons. The third-order valence-electron chi connectivity index (χ3n) is 4.81. The maximum Gasteiger partial charge on any atom is 0.314 e. The lowest BCUT2D eigenvalue weighted by atomic mass is 9.81. The molecule has 3 unspecified atom stereocenters. The molecule has 0 spiro atoms. The second-order valence-electron chi connectivity index (χ2n) is 6.71. The minimum atomic E-state index is -0.771. The van der Waals surface area contributed by atoms with Gasteiger partial charge in [-0.15, -0.1) is 0 Å². The topological polar surface area (TPSA) is 100 Å². The van der Waals surface area contributed by atoms with Gasteiger partial charge in [-0.2, -0.15) is 0 Å². The number of aliphatic hydroxyl groups is 1. The van der Waals surface area contributed by atoms with Gasteiger partial charge in [0, 0.05) is 13.1 Å². The van der Waals surface area contributed by atoms with Gasteiger partial charge in [-0.1, -0.05) is 18.6 Å². The van der Waals surface area contributed by atoms with E-state index in [0.29, 0.717) is 24.9 Å². The molecule has 1 aromatic rings. The van der Waals surface area contributed by atoms with Crippen LogP contribution in [0.4, 0.5) is 4.79 Å². The van der Waals surface area contributed by atoms with Gasteiger partial charge < -0.3 is 20.5 Å². The number of aliphatic imine (C=N–C) groups is 1. The summed E-state index contributed by atoms with van der Waals surface area (Å²) < 4.78 is 5.08. The molecule has 1 aliphatic carbocycles. The van der Waals surface area contributed by atoms with Gasteiger partial charge in [-0.05, 0) is 48.8 Å². The lowest BCUT2D eigenvalue weighted by molar-refractivity contribution is 0.172. The van der Waals surface area contributed by atoms with Crippen molar-refractivity contribution < 1.29 is 19.4 Å². The first-order valence-corrected chi connectivity index (χ1v) is 8.99. The van der Waals surface area contributed by atoms with Gasteiger partial charge in [0.25, 0.3) is 0 Å². The molecule has 2 amide bonds. The molecule has 0 aromatic heterocycles. The normalized spacial score (nSPS) is 20.5. The van der Waals surface area contributed by atoms with E-state index in [-0.39, 0.29) is 12.6 Å². The van der Waals surface area contributed by atoms with E-state index < -0.39 is 6.10 Å². The second kappa shape index (κ2) is 10.6. The lowest BCUT2D eigenvalue weighted by Crippen LogP contribution is -2.40. The molecule has 2 rings (SSSR count).